The standard InChI is InChI=1S/C18H12Cl2N2O/c19-14-8-9-17(15(20)11-14)22-18(23)13-6-4-12(5-7-13)16-3-1-2-10-21-16/h1-11H,(H,22,23). The predicted octanol–water partition coefficient (Wildman–Crippen LogP) is 5.31. The summed E-state index contributed by atoms with van der Waals surface area (Å²) in [4.78, 5) is 16.6. The Balaban J connectivity index is 1.78. The Morgan fingerprint density at radius 1 is 0.957 bits per heavy atom. The zero-order chi connectivity index (χ0) is 16.2. The summed E-state index contributed by atoms with van der Waals surface area (Å²) < 4.78 is 0. The molecule has 23 heavy (non-hydrogen) atoms. The molecule has 0 radical (unpaired) electrons. The van der Waals surface area contributed by atoms with E-state index in [9.17, 15) is 4.79 Å². The van der Waals surface area contributed by atoms with E-state index < -0.39 is 0 Å². The third-order valence-electron chi connectivity index (χ3n) is 3.29. The van der Waals surface area contributed by atoms with Gasteiger partial charge in [-0.2, -0.15) is 0 Å². The van der Waals surface area contributed by atoms with Gasteiger partial charge < -0.3 is 5.32 Å². The highest BCUT2D eigenvalue weighted by Gasteiger charge is 2.09. The van der Waals surface area contributed by atoms with Crippen molar-refractivity contribution >= 4 is 34.8 Å². The van der Waals surface area contributed by atoms with Gasteiger partial charge in [0.25, 0.3) is 5.91 Å². The number of nitrogens with one attached hydrogen (secondary N) is 1. The van der Waals surface area contributed by atoms with Crippen LogP contribution in [0.1, 0.15) is 10.4 Å². The topological polar surface area (TPSA) is 42.0 Å². The van der Waals surface area contributed by atoms with E-state index in [4.69, 9.17) is 23.2 Å². The van der Waals surface area contributed by atoms with Crippen LogP contribution in [0.15, 0.2) is 66.9 Å². The molecule has 114 valence electrons. The summed E-state index contributed by atoms with van der Waals surface area (Å²) in [7, 11) is 0. The maximum atomic E-state index is 12.3. The van der Waals surface area contributed by atoms with Crippen LogP contribution >= 0.6 is 23.2 Å². The van der Waals surface area contributed by atoms with E-state index in [0.717, 1.165) is 11.3 Å². The van der Waals surface area contributed by atoms with Crippen molar-refractivity contribution in [3.05, 3.63) is 82.5 Å². The molecule has 1 heterocycles. The van der Waals surface area contributed by atoms with Gasteiger partial charge in [-0.05, 0) is 42.5 Å². The maximum Gasteiger partial charge on any atom is 0.255 e. The third kappa shape index (κ3) is 3.70. The van der Waals surface area contributed by atoms with Crippen LogP contribution in [0.4, 0.5) is 5.69 Å². The summed E-state index contributed by atoms with van der Waals surface area (Å²) in [6.07, 6.45) is 1.73. The number of hydrogen-bond acceptors (Lipinski definition) is 2. The Labute approximate surface area is 143 Å². The van der Waals surface area contributed by atoms with Crippen molar-refractivity contribution in [1.82, 2.24) is 4.98 Å². The molecule has 1 amide bonds. The molecule has 5 heteroatoms. The highest BCUT2D eigenvalue weighted by molar-refractivity contribution is 6.36. The van der Waals surface area contributed by atoms with Crippen molar-refractivity contribution < 1.29 is 4.79 Å². The van der Waals surface area contributed by atoms with Crippen LogP contribution in [0.3, 0.4) is 0 Å². The molecule has 0 aliphatic rings. The van der Waals surface area contributed by atoms with Crippen molar-refractivity contribution in [1.29, 1.82) is 0 Å². The summed E-state index contributed by atoms with van der Waals surface area (Å²) in [5, 5.41) is 3.69. The third-order valence-corrected chi connectivity index (χ3v) is 3.83. The van der Waals surface area contributed by atoms with Gasteiger partial charge in [0.2, 0.25) is 0 Å². The van der Waals surface area contributed by atoms with Crippen LogP contribution in [-0.2, 0) is 0 Å². The van der Waals surface area contributed by atoms with E-state index in [1.54, 1.807) is 36.5 Å². The van der Waals surface area contributed by atoms with E-state index in [0.29, 0.717) is 21.3 Å². The predicted molar refractivity (Wildman–Crippen MR) is 94.1 cm³/mol. The van der Waals surface area contributed by atoms with Crippen LogP contribution in [0.2, 0.25) is 10.0 Å². The molecule has 1 N–H and O–H groups in total. The van der Waals surface area contributed by atoms with Crippen LogP contribution < -0.4 is 5.32 Å². The second-order valence-corrected chi connectivity index (χ2v) is 5.71. The van der Waals surface area contributed by atoms with Gasteiger partial charge in [-0.15, -0.1) is 0 Å². The highest BCUT2D eigenvalue weighted by atomic mass is 35.5. The van der Waals surface area contributed by atoms with Gasteiger partial charge in [0.15, 0.2) is 0 Å². The first-order valence-corrected chi connectivity index (χ1v) is 7.67. The first-order chi connectivity index (χ1) is 11.1. The second-order valence-electron chi connectivity index (χ2n) is 4.87. The van der Waals surface area contributed by atoms with E-state index >= 15 is 0 Å². The summed E-state index contributed by atoms with van der Waals surface area (Å²) in [5.74, 6) is -0.234. The summed E-state index contributed by atoms with van der Waals surface area (Å²) in [5.41, 5.74) is 2.87. The molecule has 0 fully saturated rings. The van der Waals surface area contributed by atoms with Gasteiger partial charge in [-0.1, -0.05) is 41.4 Å². The Morgan fingerprint density at radius 3 is 2.39 bits per heavy atom. The fourth-order valence-corrected chi connectivity index (χ4v) is 2.57. The highest BCUT2D eigenvalue weighted by Crippen LogP contribution is 2.26. The molecule has 0 bridgehead atoms. The lowest BCUT2D eigenvalue weighted by Gasteiger charge is -2.08. The lowest BCUT2D eigenvalue weighted by molar-refractivity contribution is 0.102. The number of benzene rings is 2. The van der Waals surface area contributed by atoms with Gasteiger partial charge in [0.05, 0.1) is 16.4 Å². The molecule has 3 nitrogen and oxygen atoms in total. The molecule has 0 saturated carbocycles. The Bertz CT molecular complexity index is 833. The molecule has 0 spiro atoms. The number of aromatic nitrogens is 1. The monoisotopic (exact) mass is 342 g/mol. The molecule has 0 aliphatic heterocycles. The number of rotatable bonds is 3. The normalized spacial score (nSPS) is 10.3. The number of amides is 1. The number of nitrogens with zero attached hydrogens (tertiary/aromatic N) is 1. The number of carbonyl (C=O) groups is 1. The minimum atomic E-state index is -0.234. The number of anilines is 1. The van der Waals surface area contributed by atoms with Gasteiger partial charge >= 0.3 is 0 Å². The molecule has 3 aromatic rings. The zero-order valence-electron chi connectivity index (χ0n) is 12.0. The average molecular weight is 343 g/mol. The second kappa shape index (κ2) is 6.82. The smallest absolute Gasteiger partial charge is 0.255 e. The average Bonchev–Trinajstić information content (AvgIpc) is 2.58. The van der Waals surface area contributed by atoms with E-state index in [-0.39, 0.29) is 5.91 Å². The summed E-state index contributed by atoms with van der Waals surface area (Å²) in [6, 6.07) is 17.9. The Kier molecular flexibility index (Phi) is 4.60. The summed E-state index contributed by atoms with van der Waals surface area (Å²) >= 11 is 11.9. The van der Waals surface area contributed by atoms with Crippen molar-refractivity contribution in [2.75, 3.05) is 5.32 Å². The fraction of sp³-hybridized carbons (Fsp3) is 0. The number of hydrogen-bond donors (Lipinski definition) is 1. The number of carbonyl (C=O) groups excluding carboxylic acids is 1. The van der Waals surface area contributed by atoms with Crippen LogP contribution in [0, 0.1) is 0 Å². The lowest BCUT2D eigenvalue weighted by Crippen LogP contribution is -2.12. The first kappa shape index (κ1) is 15.5. The molecule has 2 aromatic carbocycles. The Morgan fingerprint density at radius 2 is 1.74 bits per heavy atom. The molecule has 0 atom stereocenters. The first-order valence-electron chi connectivity index (χ1n) is 6.91. The van der Waals surface area contributed by atoms with Crippen molar-refractivity contribution in [2.45, 2.75) is 0 Å². The quantitative estimate of drug-likeness (QED) is 0.700. The van der Waals surface area contributed by atoms with Crippen molar-refractivity contribution in [3.8, 4) is 11.3 Å². The van der Waals surface area contributed by atoms with E-state index in [1.807, 2.05) is 30.3 Å². The van der Waals surface area contributed by atoms with Crippen molar-refractivity contribution in [2.24, 2.45) is 0 Å². The number of pyridine rings is 1. The summed E-state index contributed by atoms with van der Waals surface area (Å²) in [6.45, 7) is 0. The lowest BCUT2D eigenvalue weighted by atomic mass is 10.1. The van der Waals surface area contributed by atoms with Gasteiger partial charge in [-0.25, -0.2) is 0 Å². The molecule has 0 aliphatic carbocycles. The SMILES string of the molecule is O=C(Nc1ccc(Cl)cc1Cl)c1ccc(-c2ccccn2)cc1. The van der Waals surface area contributed by atoms with Crippen LogP contribution in [-0.4, -0.2) is 10.9 Å². The molecule has 0 unspecified atom stereocenters. The minimum absolute atomic E-state index is 0.234. The van der Waals surface area contributed by atoms with Gasteiger partial charge in [0, 0.05) is 22.3 Å². The zero-order valence-corrected chi connectivity index (χ0v) is 13.5. The fourth-order valence-electron chi connectivity index (χ4n) is 2.11. The van der Waals surface area contributed by atoms with E-state index in [2.05, 4.69) is 10.3 Å². The van der Waals surface area contributed by atoms with Crippen molar-refractivity contribution in [3.63, 3.8) is 0 Å². The molecular formula is C18H12Cl2N2O. The molecular weight excluding hydrogens is 331 g/mol. The van der Waals surface area contributed by atoms with Crippen LogP contribution in [0.25, 0.3) is 11.3 Å². The van der Waals surface area contributed by atoms with Crippen LogP contribution in [0.5, 0.6) is 0 Å². The Hall–Kier alpha value is -2.36. The van der Waals surface area contributed by atoms with Gasteiger partial charge in [-0.3, -0.25) is 9.78 Å². The maximum absolute atomic E-state index is 12.3. The molecule has 3 rings (SSSR count). The van der Waals surface area contributed by atoms with E-state index in [1.165, 1.54) is 0 Å². The molecule has 1 aromatic heterocycles. The largest absolute Gasteiger partial charge is 0.321 e. The van der Waals surface area contributed by atoms with Gasteiger partial charge in [0.1, 0.15) is 0 Å². The number of halogens is 2. The molecule has 0 saturated heterocycles. The minimum Gasteiger partial charge on any atom is -0.321 e.